The number of rotatable bonds is 1. The monoisotopic (exact) mass is 131 g/mol. The van der Waals surface area contributed by atoms with Gasteiger partial charge >= 0.3 is 0 Å². The highest BCUT2D eigenvalue weighted by Crippen LogP contribution is 2.08. The van der Waals surface area contributed by atoms with E-state index in [2.05, 4.69) is 0 Å². The van der Waals surface area contributed by atoms with Crippen LogP contribution in [0.5, 0.6) is 0 Å². The lowest BCUT2D eigenvalue weighted by molar-refractivity contribution is -0.528. The molecular weight excluding hydrogens is 122 g/mol. The van der Waals surface area contributed by atoms with Crippen LogP contribution in [0.15, 0.2) is 0 Å². The number of hydrogen-bond acceptors (Lipinski definition) is 3. The lowest BCUT2D eigenvalue weighted by Gasteiger charge is -2.14. The van der Waals surface area contributed by atoms with Gasteiger partial charge in [-0.05, 0) is 0 Å². The van der Waals surface area contributed by atoms with Gasteiger partial charge in [0.25, 0.3) is 0 Å². The third-order valence-corrected chi connectivity index (χ3v) is 1.49. The first kappa shape index (κ1) is 6.48. The first-order valence-electron chi connectivity index (χ1n) is 3.02. The summed E-state index contributed by atoms with van der Waals surface area (Å²) in [6, 6.07) is -0.348. The molecule has 0 aliphatic carbocycles. The molecule has 9 heavy (non-hydrogen) atoms. The maximum absolute atomic E-state index is 10.1. The molecule has 0 aromatic rings. The smallest absolute Gasteiger partial charge is 0.217 e. The molecular formula is C5H9NO3. The van der Waals surface area contributed by atoms with E-state index in [-0.39, 0.29) is 11.0 Å². The third kappa shape index (κ3) is 1.64. The van der Waals surface area contributed by atoms with Crippen molar-refractivity contribution in [3.05, 3.63) is 10.1 Å². The Hall–Kier alpha value is -0.640. The molecule has 0 saturated carbocycles. The molecule has 0 aromatic heterocycles. The SMILES string of the molecule is O=[N+]([O-])C1CCOCC1. The lowest BCUT2D eigenvalue weighted by atomic mass is 10.1. The fraction of sp³-hybridized carbons (Fsp3) is 1.00. The quantitative estimate of drug-likeness (QED) is 0.383. The van der Waals surface area contributed by atoms with Crippen LogP contribution in [0.25, 0.3) is 0 Å². The van der Waals surface area contributed by atoms with E-state index >= 15 is 0 Å². The summed E-state index contributed by atoms with van der Waals surface area (Å²) in [5.74, 6) is 0. The van der Waals surface area contributed by atoms with E-state index in [1.807, 2.05) is 0 Å². The first-order chi connectivity index (χ1) is 4.30. The molecule has 1 aliphatic heterocycles. The molecule has 1 rings (SSSR count). The highest BCUT2D eigenvalue weighted by Gasteiger charge is 2.22. The van der Waals surface area contributed by atoms with Crippen LogP contribution in [0.4, 0.5) is 0 Å². The number of ether oxygens (including phenoxy) is 1. The van der Waals surface area contributed by atoms with Crippen molar-refractivity contribution in [3.8, 4) is 0 Å². The Bertz CT molecular complexity index is 109. The first-order valence-corrected chi connectivity index (χ1v) is 3.02. The summed E-state index contributed by atoms with van der Waals surface area (Å²) in [4.78, 5) is 9.88. The van der Waals surface area contributed by atoms with Crippen molar-refractivity contribution in [1.82, 2.24) is 0 Å². The lowest BCUT2D eigenvalue weighted by Crippen LogP contribution is -2.27. The summed E-state index contributed by atoms with van der Waals surface area (Å²) < 4.78 is 4.95. The Labute approximate surface area is 53.0 Å². The second-order valence-corrected chi connectivity index (χ2v) is 2.13. The van der Waals surface area contributed by atoms with Crippen LogP contribution < -0.4 is 0 Å². The van der Waals surface area contributed by atoms with Crippen molar-refractivity contribution in [2.45, 2.75) is 18.9 Å². The van der Waals surface area contributed by atoms with Crippen molar-refractivity contribution in [1.29, 1.82) is 0 Å². The van der Waals surface area contributed by atoms with Gasteiger partial charge in [-0.25, -0.2) is 0 Å². The summed E-state index contributed by atoms with van der Waals surface area (Å²) in [6.07, 6.45) is 1.15. The average Bonchev–Trinajstić information content (AvgIpc) is 1.90. The molecule has 0 aromatic carbocycles. The number of hydrogen-bond donors (Lipinski definition) is 0. The molecule has 4 nitrogen and oxygen atoms in total. The second-order valence-electron chi connectivity index (χ2n) is 2.13. The van der Waals surface area contributed by atoms with Gasteiger partial charge in [-0.3, -0.25) is 10.1 Å². The van der Waals surface area contributed by atoms with Crippen LogP contribution in [-0.4, -0.2) is 24.2 Å². The van der Waals surface area contributed by atoms with Gasteiger partial charge in [-0.2, -0.15) is 0 Å². The van der Waals surface area contributed by atoms with Crippen LogP contribution >= 0.6 is 0 Å². The van der Waals surface area contributed by atoms with Crippen LogP contribution in [0.2, 0.25) is 0 Å². The Morgan fingerprint density at radius 3 is 2.33 bits per heavy atom. The fourth-order valence-electron chi connectivity index (χ4n) is 0.896. The number of nitro groups is 1. The highest BCUT2D eigenvalue weighted by atomic mass is 16.6. The van der Waals surface area contributed by atoms with Crippen molar-refractivity contribution in [2.24, 2.45) is 0 Å². The molecule has 52 valence electrons. The van der Waals surface area contributed by atoms with Crippen molar-refractivity contribution in [3.63, 3.8) is 0 Å². The Morgan fingerprint density at radius 2 is 2.00 bits per heavy atom. The standard InChI is InChI=1S/C5H9NO3/c7-6(8)5-1-3-9-4-2-5/h5H,1-4H2. The molecule has 1 heterocycles. The van der Waals surface area contributed by atoms with Gasteiger partial charge in [0.05, 0.1) is 13.2 Å². The number of nitrogens with zero attached hydrogens (tertiary/aromatic N) is 1. The van der Waals surface area contributed by atoms with E-state index in [0.717, 1.165) is 0 Å². The van der Waals surface area contributed by atoms with Crippen molar-refractivity contribution >= 4 is 0 Å². The summed E-state index contributed by atoms with van der Waals surface area (Å²) in [5, 5.41) is 10.1. The van der Waals surface area contributed by atoms with E-state index in [1.165, 1.54) is 0 Å². The zero-order valence-corrected chi connectivity index (χ0v) is 5.08. The maximum atomic E-state index is 10.1. The van der Waals surface area contributed by atoms with Crippen molar-refractivity contribution < 1.29 is 9.66 Å². The fourth-order valence-corrected chi connectivity index (χ4v) is 0.896. The zero-order chi connectivity index (χ0) is 6.69. The molecule has 0 radical (unpaired) electrons. The van der Waals surface area contributed by atoms with E-state index in [4.69, 9.17) is 4.74 Å². The predicted octanol–water partition coefficient (Wildman–Crippen LogP) is 0.442. The summed E-state index contributed by atoms with van der Waals surface area (Å²) >= 11 is 0. The van der Waals surface area contributed by atoms with Crippen LogP contribution in [-0.2, 0) is 4.74 Å². The Balaban J connectivity index is 2.31. The highest BCUT2D eigenvalue weighted by molar-refractivity contribution is 4.60. The summed E-state index contributed by atoms with van der Waals surface area (Å²) in [6.45, 7) is 1.09. The molecule has 0 atom stereocenters. The molecule has 1 aliphatic rings. The minimum atomic E-state index is -0.348. The second kappa shape index (κ2) is 2.77. The predicted molar refractivity (Wildman–Crippen MR) is 30.8 cm³/mol. The van der Waals surface area contributed by atoms with Gasteiger partial charge in [-0.15, -0.1) is 0 Å². The minimum Gasteiger partial charge on any atom is -0.381 e. The van der Waals surface area contributed by atoms with Gasteiger partial charge in [0.1, 0.15) is 0 Å². The van der Waals surface area contributed by atoms with E-state index in [0.29, 0.717) is 26.1 Å². The average molecular weight is 131 g/mol. The Kier molecular flexibility index (Phi) is 2.00. The van der Waals surface area contributed by atoms with Crippen LogP contribution in [0.3, 0.4) is 0 Å². The molecule has 1 saturated heterocycles. The molecule has 0 amide bonds. The largest absolute Gasteiger partial charge is 0.381 e. The van der Waals surface area contributed by atoms with Crippen LogP contribution in [0, 0.1) is 10.1 Å². The van der Waals surface area contributed by atoms with Crippen LogP contribution in [0.1, 0.15) is 12.8 Å². The van der Waals surface area contributed by atoms with E-state index in [9.17, 15) is 10.1 Å². The van der Waals surface area contributed by atoms with Gasteiger partial charge in [0.15, 0.2) is 0 Å². The normalized spacial score (nSPS) is 21.8. The minimum absolute atomic E-state index is 0.220. The molecule has 1 fully saturated rings. The van der Waals surface area contributed by atoms with Gasteiger partial charge in [-0.1, -0.05) is 0 Å². The van der Waals surface area contributed by atoms with Crippen molar-refractivity contribution in [2.75, 3.05) is 13.2 Å². The van der Waals surface area contributed by atoms with Gasteiger partial charge < -0.3 is 4.74 Å². The third-order valence-electron chi connectivity index (χ3n) is 1.49. The van der Waals surface area contributed by atoms with E-state index in [1.54, 1.807) is 0 Å². The zero-order valence-electron chi connectivity index (χ0n) is 5.08. The van der Waals surface area contributed by atoms with Gasteiger partial charge in [0.2, 0.25) is 6.04 Å². The molecule has 0 bridgehead atoms. The maximum Gasteiger partial charge on any atom is 0.217 e. The summed E-state index contributed by atoms with van der Waals surface area (Å²) in [7, 11) is 0. The van der Waals surface area contributed by atoms with E-state index < -0.39 is 0 Å². The molecule has 0 N–H and O–H groups in total. The molecule has 0 spiro atoms. The van der Waals surface area contributed by atoms with Gasteiger partial charge in [0, 0.05) is 17.8 Å². The topological polar surface area (TPSA) is 52.4 Å². The molecule has 4 heteroatoms. The summed E-state index contributed by atoms with van der Waals surface area (Å²) in [5.41, 5.74) is 0. The Morgan fingerprint density at radius 1 is 1.44 bits per heavy atom. The molecule has 0 unspecified atom stereocenters.